The lowest BCUT2D eigenvalue weighted by molar-refractivity contribution is -0.154. The van der Waals surface area contributed by atoms with Gasteiger partial charge in [-0.25, -0.2) is 17.6 Å². The number of carboxylic acid groups (broad SMARTS) is 1. The van der Waals surface area contributed by atoms with Gasteiger partial charge in [-0.3, -0.25) is 0 Å². The van der Waals surface area contributed by atoms with E-state index < -0.39 is 33.0 Å². The molecule has 0 heterocycles. The molecular formula is C10H11FO5S. The zero-order chi connectivity index (χ0) is 13.3. The van der Waals surface area contributed by atoms with Gasteiger partial charge in [0.15, 0.2) is 15.4 Å². The quantitative estimate of drug-likeness (QED) is 0.768. The molecule has 0 aliphatic heterocycles. The normalized spacial score (nSPS) is 15.2. The lowest BCUT2D eigenvalue weighted by atomic mass is 10.1. The number of aliphatic hydroxyl groups is 1. The van der Waals surface area contributed by atoms with Crippen molar-refractivity contribution in [2.75, 3.05) is 5.75 Å². The second kappa shape index (κ2) is 4.42. The van der Waals surface area contributed by atoms with Crippen molar-refractivity contribution >= 4 is 15.8 Å². The highest BCUT2D eigenvalue weighted by molar-refractivity contribution is 7.91. The van der Waals surface area contributed by atoms with Crippen LogP contribution in [0.5, 0.6) is 0 Å². The molecule has 1 atom stereocenters. The van der Waals surface area contributed by atoms with Crippen molar-refractivity contribution in [3.8, 4) is 0 Å². The van der Waals surface area contributed by atoms with E-state index >= 15 is 0 Å². The van der Waals surface area contributed by atoms with E-state index in [-0.39, 0.29) is 4.90 Å². The van der Waals surface area contributed by atoms with E-state index in [9.17, 15) is 22.7 Å². The van der Waals surface area contributed by atoms with Gasteiger partial charge in [0.1, 0.15) is 5.82 Å². The maximum atomic E-state index is 12.6. The largest absolute Gasteiger partial charge is 0.479 e. The molecule has 0 spiro atoms. The first-order valence-electron chi connectivity index (χ1n) is 4.59. The molecular weight excluding hydrogens is 251 g/mol. The van der Waals surface area contributed by atoms with E-state index in [1.165, 1.54) is 0 Å². The van der Waals surface area contributed by atoms with Gasteiger partial charge in [0.25, 0.3) is 0 Å². The maximum absolute atomic E-state index is 12.6. The molecule has 0 aromatic heterocycles. The summed E-state index contributed by atoms with van der Waals surface area (Å²) >= 11 is 0. The van der Waals surface area contributed by atoms with Gasteiger partial charge in [-0.05, 0) is 31.2 Å². The number of sulfone groups is 1. The Bertz CT molecular complexity index is 518. The summed E-state index contributed by atoms with van der Waals surface area (Å²) in [7, 11) is -3.98. The Balaban J connectivity index is 3.05. The molecule has 1 aromatic rings. The van der Waals surface area contributed by atoms with Crippen LogP contribution in [-0.4, -0.2) is 36.0 Å². The first-order chi connectivity index (χ1) is 7.65. The molecule has 0 radical (unpaired) electrons. The highest BCUT2D eigenvalue weighted by Crippen LogP contribution is 2.17. The fourth-order valence-electron chi connectivity index (χ4n) is 1.16. The van der Waals surface area contributed by atoms with E-state index in [0.29, 0.717) is 0 Å². The van der Waals surface area contributed by atoms with Gasteiger partial charge in [0, 0.05) is 0 Å². The first-order valence-corrected chi connectivity index (χ1v) is 6.24. The molecule has 17 heavy (non-hydrogen) atoms. The van der Waals surface area contributed by atoms with Crippen molar-refractivity contribution in [2.45, 2.75) is 17.4 Å². The van der Waals surface area contributed by atoms with Crippen molar-refractivity contribution in [3.63, 3.8) is 0 Å². The van der Waals surface area contributed by atoms with Crippen LogP contribution in [0.15, 0.2) is 29.2 Å². The van der Waals surface area contributed by atoms with E-state index in [1.807, 2.05) is 0 Å². The predicted molar refractivity (Wildman–Crippen MR) is 56.7 cm³/mol. The lowest BCUT2D eigenvalue weighted by Gasteiger charge is -2.17. The van der Waals surface area contributed by atoms with Crippen molar-refractivity contribution in [2.24, 2.45) is 0 Å². The summed E-state index contributed by atoms with van der Waals surface area (Å²) in [6.45, 7) is 0.885. The zero-order valence-corrected chi connectivity index (χ0v) is 9.74. The van der Waals surface area contributed by atoms with Crippen molar-refractivity contribution in [1.82, 2.24) is 0 Å². The molecule has 0 saturated heterocycles. The number of hydrogen-bond donors (Lipinski definition) is 2. The Kier molecular flexibility index (Phi) is 3.53. The van der Waals surface area contributed by atoms with Crippen LogP contribution in [0.3, 0.4) is 0 Å². The van der Waals surface area contributed by atoms with Crippen LogP contribution in [-0.2, 0) is 14.6 Å². The Morgan fingerprint density at radius 3 is 2.24 bits per heavy atom. The zero-order valence-electron chi connectivity index (χ0n) is 8.92. The molecule has 7 heteroatoms. The Morgan fingerprint density at radius 1 is 1.35 bits per heavy atom. The van der Waals surface area contributed by atoms with Crippen molar-refractivity contribution in [3.05, 3.63) is 30.1 Å². The van der Waals surface area contributed by atoms with Gasteiger partial charge in [-0.2, -0.15) is 0 Å². The van der Waals surface area contributed by atoms with Gasteiger partial charge in [-0.1, -0.05) is 0 Å². The topological polar surface area (TPSA) is 91.7 Å². The average Bonchev–Trinajstić information content (AvgIpc) is 2.16. The minimum absolute atomic E-state index is 0.236. The number of rotatable bonds is 4. The maximum Gasteiger partial charge on any atom is 0.336 e. The standard InChI is InChI=1S/C10H11FO5S/c1-10(14,9(12)13)6-17(15,16)8-4-2-7(11)3-5-8/h2-5,14H,6H2,1H3,(H,12,13). The van der Waals surface area contributed by atoms with Gasteiger partial charge in [0.05, 0.1) is 10.6 Å². The monoisotopic (exact) mass is 262 g/mol. The van der Waals surface area contributed by atoms with Crippen LogP contribution in [0.2, 0.25) is 0 Å². The SMILES string of the molecule is CC(O)(CS(=O)(=O)c1ccc(F)cc1)C(=O)O. The Hall–Kier alpha value is -1.47. The molecule has 0 fully saturated rings. The molecule has 0 aliphatic rings. The van der Waals surface area contributed by atoms with Crippen LogP contribution in [0.1, 0.15) is 6.92 Å². The molecule has 1 aromatic carbocycles. The number of halogens is 1. The highest BCUT2D eigenvalue weighted by Gasteiger charge is 2.36. The highest BCUT2D eigenvalue weighted by atomic mass is 32.2. The summed E-state index contributed by atoms with van der Waals surface area (Å²) < 4.78 is 36.0. The van der Waals surface area contributed by atoms with Gasteiger partial charge in [-0.15, -0.1) is 0 Å². The van der Waals surface area contributed by atoms with Crippen LogP contribution < -0.4 is 0 Å². The van der Waals surface area contributed by atoms with E-state index in [1.54, 1.807) is 0 Å². The number of aliphatic carboxylic acids is 1. The van der Waals surface area contributed by atoms with Gasteiger partial charge < -0.3 is 10.2 Å². The molecule has 94 valence electrons. The van der Waals surface area contributed by atoms with Crippen LogP contribution in [0.4, 0.5) is 4.39 Å². The number of benzene rings is 1. The summed E-state index contributed by atoms with van der Waals surface area (Å²) in [5.41, 5.74) is -2.38. The van der Waals surface area contributed by atoms with E-state index in [2.05, 4.69) is 0 Å². The van der Waals surface area contributed by atoms with E-state index in [4.69, 9.17) is 5.11 Å². The van der Waals surface area contributed by atoms with Crippen LogP contribution in [0.25, 0.3) is 0 Å². The fraction of sp³-hybridized carbons (Fsp3) is 0.300. The Labute approximate surface area is 97.4 Å². The van der Waals surface area contributed by atoms with E-state index in [0.717, 1.165) is 31.2 Å². The third-order valence-corrected chi connectivity index (χ3v) is 4.04. The summed E-state index contributed by atoms with van der Waals surface area (Å²) in [4.78, 5) is 10.4. The third-order valence-electron chi connectivity index (χ3n) is 2.10. The van der Waals surface area contributed by atoms with Gasteiger partial charge >= 0.3 is 5.97 Å². The second-order valence-corrected chi connectivity index (χ2v) is 5.78. The van der Waals surface area contributed by atoms with Gasteiger partial charge in [0.2, 0.25) is 0 Å². The molecule has 0 amide bonds. The Morgan fingerprint density at radius 2 is 1.82 bits per heavy atom. The summed E-state index contributed by atoms with van der Waals surface area (Å²) in [5.74, 6) is -3.21. The average molecular weight is 262 g/mol. The summed E-state index contributed by atoms with van der Waals surface area (Å²) in [6.07, 6.45) is 0. The van der Waals surface area contributed by atoms with Crippen LogP contribution in [0, 0.1) is 5.82 Å². The van der Waals surface area contributed by atoms with Crippen LogP contribution >= 0.6 is 0 Å². The molecule has 0 bridgehead atoms. The first kappa shape index (κ1) is 13.6. The minimum atomic E-state index is -3.98. The number of carboxylic acids is 1. The molecule has 0 aliphatic carbocycles. The summed E-state index contributed by atoms with van der Waals surface area (Å²) in [5, 5.41) is 18.0. The molecule has 1 unspecified atom stereocenters. The van der Waals surface area contributed by atoms with Crippen molar-refractivity contribution in [1.29, 1.82) is 0 Å². The predicted octanol–water partition coefficient (Wildman–Crippen LogP) is 0.435. The number of hydrogen-bond acceptors (Lipinski definition) is 4. The minimum Gasteiger partial charge on any atom is -0.479 e. The second-order valence-electron chi connectivity index (χ2n) is 3.79. The smallest absolute Gasteiger partial charge is 0.336 e. The lowest BCUT2D eigenvalue weighted by Crippen LogP contribution is -2.41. The molecule has 5 nitrogen and oxygen atoms in total. The summed E-state index contributed by atoms with van der Waals surface area (Å²) in [6, 6.07) is 3.93. The molecule has 0 saturated carbocycles. The fourth-order valence-corrected chi connectivity index (χ4v) is 2.74. The molecule has 2 N–H and O–H groups in total. The molecule has 1 rings (SSSR count). The van der Waals surface area contributed by atoms with Crippen molar-refractivity contribution < 1.29 is 27.8 Å². The number of carbonyl (C=O) groups is 1. The third kappa shape index (κ3) is 3.24.